The van der Waals surface area contributed by atoms with Gasteiger partial charge in [-0.25, -0.2) is 9.78 Å². The summed E-state index contributed by atoms with van der Waals surface area (Å²) >= 11 is 0. The Morgan fingerprint density at radius 3 is 2.51 bits per heavy atom. The number of carbonyl (C=O) groups is 1. The maximum absolute atomic E-state index is 13.8. The van der Waals surface area contributed by atoms with Crippen LogP contribution in [-0.2, 0) is 33.0 Å². The Hall–Kier alpha value is -4.67. The molecular formula is C33H29N3O7. The molecule has 2 aromatic carbocycles. The van der Waals surface area contributed by atoms with Crippen molar-refractivity contribution in [2.45, 2.75) is 32.1 Å². The second kappa shape index (κ2) is 9.68. The van der Waals surface area contributed by atoms with Crippen LogP contribution < -0.4 is 19.9 Å². The fourth-order valence-corrected chi connectivity index (χ4v) is 6.49. The van der Waals surface area contributed by atoms with E-state index in [-0.39, 0.29) is 25.4 Å². The van der Waals surface area contributed by atoms with Gasteiger partial charge in [-0.3, -0.25) is 4.79 Å². The van der Waals surface area contributed by atoms with E-state index in [9.17, 15) is 14.7 Å². The monoisotopic (exact) mass is 579 g/mol. The van der Waals surface area contributed by atoms with Crippen LogP contribution in [0.25, 0.3) is 34.4 Å². The summed E-state index contributed by atoms with van der Waals surface area (Å²) in [6, 6.07) is 13.9. The van der Waals surface area contributed by atoms with Gasteiger partial charge in [-0.05, 0) is 41.8 Å². The molecule has 0 bridgehead atoms. The van der Waals surface area contributed by atoms with Gasteiger partial charge in [-0.15, -0.1) is 0 Å². The van der Waals surface area contributed by atoms with Gasteiger partial charge in [0.25, 0.3) is 5.56 Å². The Balaban J connectivity index is 1.27. The van der Waals surface area contributed by atoms with Crippen LogP contribution in [0.4, 0.5) is 5.69 Å². The number of cyclic esters (lactones) is 1. The lowest BCUT2D eigenvalue weighted by Crippen LogP contribution is -2.44. The molecular weight excluding hydrogens is 550 g/mol. The number of anilines is 1. The van der Waals surface area contributed by atoms with Gasteiger partial charge in [0, 0.05) is 41.4 Å². The molecule has 4 aliphatic rings. The van der Waals surface area contributed by atoms with Crippen LogP contribution in [0, 0.1) is 0 Å². The standard InChI is InChI=1S/C33H29N3O7/c1-2-33(39)25-14-27-30-23(16-36(27)31(37)24(25)17-41-32(33)38)21(22-13-28-29(43-18-42-28)15-26(22)34-30)8-5-19-3-6-20(7-4-19)35-9-11-40-12-10-35/h3-8,13-15,39H,2,9-12,16-18H2,1H3/t33-/m0/s1. The van der Waals surface area contributed by atoms with E-state index in [1.807, 2.05) is 12.1 Å². The number of morpholine rings is 1. The van der Waals surface area contributed by atoms with Gasteiger partial charge in [-0.1, -0.05) is 31.2 Å². The number of carbonyl (C=O) groups excluding carboxylic acids is 1. The molecule has 10 nitrogen and oxygen atoms in total. The van der Waals surface area contributed by atoms with Crippen molar-refractivity contribution in [3.63, 3.8) is 0 Å². The minimum atomic E-state index is -1.88. The van der Waals surface area contributed by atoms with Gasteiger partial charge in [0.05, 0.1) is 42.2 Å². The Labute approximate surface area is 246 Å². The van der Waals surface area contributed by atoms with Crippen molar-refractivity contribution in [3.05, 3.63) is 80.6 Å². The number of esters is 1. The first-order valence-corrected chi connectivity index (χ1v) is 14.5. The predicted molar refractivity (Wildman–Crippen MR) is 159 cm³/mol. The van der Waals surface area contributed by atoms with Crippen LogP contribution >= 0.6 is 0 Å². The number of hydrogen-bond acceptors (Lipinski definition) is 9. The van der Waals surface area contributed by atoms with Gasteiger partial charge in [0.15, 0.2) is 17.1 Å². The van der Waals surface area contributed by atoms with Crippen LogP contribution in [0.15, 0.2) is 47.3 Å². The highest BCUT2D eigenvalue weighted by atomic mass is 16.7. The molecule has 1 saturated heterocycles. The van der Waals surface area contributed by atoms with E-state index < -0.39 is 11.6 Å². The molecule has 43 heavy (non-hydrogen) atoms. The minimum Gasteiger partial charge on any atom is -0.458 e. The van der Waals surface area contributed by atoms with Gasteiger partial charge < -0.3 is 33.5 Å². The summed E-state index contributed by atoms with van der Waals surface area (Å²) in [6.07, 6.45) is 4.20. The first-order chi connectivity index (χ1) is 20.9. The highest BCUT2D eigenvalue weighted by molar-refractivity contribution is 5.97. The molecule has 1 N–H and O–H groups in total. The molecule has 0 amide bonds. The Kier molecular flexibility index (Phi) is 5.85. The molecule has 0 radical (unpaired) electrons. The van der Waals surface area contributed by atoms with Gasteiger partial charge in [-0.2, -0.15) is 0 Å². The lowest BCUT2D eigenvalue weighted by molar-refractivity contribution is -0.172. The quantitative estimate of drug-likeness (QED) is 0.318. The van der Waals surface area contributed by atoms with E-state index in [1.165, 1.54) is 0 Å². The topological polar surface area (TPSA) is 112 Å². The molecule has 4 aliphatic heterocycles. The maximum Gasteiger partial charge on any atom is 0.343 e. The van der Waals surface area contributed by atoms with Crippen molar-refractivity contribution in [1.29, 1.82) is 0 Å². The van der Waals surface area contributed by atoms with E-state index in [1.54, 1.807) is 17.6 Å². The van der Waals surface area contributed by atoms with E-state index in [0.29, 0.717) is 46.1 Å². The number of hydrogen-bond donors (Lipinski definition) is 1. The second-order valence-corrected chi connectivity index (χ2v) is 11.2. The molecule has 0 aliphatic carbocycles. The molecule has 10 heteroatoms. The molecule has 1 atom stereocenters. The first-order valence-electron chi connectivity index (χ1n) is 14.5. The van der Waals surface area contributed by atoms with Crippen molar-refractivity contribution in [2.75, 3.05) is 38.0 Å². The van der Waals surface area contributed by atoms with Crippen molar-refractivity contribution in [1.82, 2.24) is 9.55 Å². The highest BCUT2D eigenvalue weighted by Crippen LogP contribution is 2.43. The van der Waals surface area contributed by atoms with Gasteiger partial charge >= 0.3 is 5.97 Å². The summed E-state index contributed by atoms with van der Waals surface area (Å²) in [7, 11) is 0. The molecule has 218 valence electrons. The van der Waals surface area contributed by atoms with Crippen LogP contribution in [-0.4, -0.2) is 53.7 Å². The molecule has 8 rings (SSSR count). The molecule has 6 heterocycles. The molecule has 0 spiro atoms. The average Bonchev–Trinajstić information content (AvgIpc) is 3.65. The number of fused-ring (bicyclic) bond motifs is 6. The molecule has 4 aromatic rings. The van der Waals surface area contributed by atoms with Crippen molar-refractivity contribution in [2.24, 2.45) is 0 Å². The third kappa shape index (κ3) is 3.97. The lowest BCUT2D eigenvalue weighted by Gasteiger charge is -2.31. The number of pyridine rings is 2. The van der Waals surface area contributed by atoms with Crippen LogP contribution in [0.5, 0.6) is 11.5 Å². The highest BCUT2D eigenvalue weighted by Gasteiger charge is 2.45. The van der Waals surface area contributed by atoms with Crippen LogP contribution in [0.1, 0.15) is 41.2 Å². The van der Waals surface area contributed by atoms with Crippen molar-refractivity contribution < 1.29 is 28.8 Å². The molecule has 0 unspecified atom stereocenters. The number of ether oxygens (including phenoxy) is 4. The maximum atomic E-state index is 13.8. The first kappa shape index (κ1) is 26.0. The average molecular weight is 580 g/mol. The van der Waals surface area contributed by atoms with Crippen molar-refractivity contribution in [3.8, 4) is 22.9 Å². The van der Waals surface area contributed by atoms with E-state index >= 15 is 0 Å². The number of aliphatic hydroxyl groups is 1. The Morgan fingerprint density at radius 2 is 1.74 bits per heavy atom. The molecule has 1 fully saturated rings. The zero-order chi connectivity index (χ0) is 29.3. The Bertz CT molecular complexity index is 1910. The lowest BCUT2D eigenvalue weighted by atomic mass is 9.86. The minimum absolute atomic E-state index is 0.0848. The number of rotatable bonds is 4. The molecule has 2 aromatic heterocycles. The third-order valence-electron chi connectivity index (χ3n) is 8.94. The summed E-state index contributed by atoms with van der Waals surface area (Å²) < 4.78 is 23.7. The predicted octanol–water partition coefficient (Wildman–Crippen LogP) is 3.82. The summed E-state index contributed by atoms with van der Waals surface area (Å²) in [5, 5.41) is 12.1. The fraction of sp³-hybridized carbons (Fsp3) is 0.303. The summed E-state index contributed by atoms with van der Waals surface area (Å²) in [5.74, 6) is 0.510. The van der Waals surface area contributed by atoms with E-state index in [4.69, 9.17) is 23.9 Å². The second-order valence-electron chi connectivity index (χ2n) is 11.2. The SMILES string of the molecule is CC[C@@]1(O)C(=O)OCc2c1cc1n(c2=O)Cc2c-1nc1cc3c(cc1c2C=Cc1ccc(N2CCOCC2)cc1)OCO3. The van der Waals surface area contributed by atoms with E-state index in [2.05, 4.69) is 41.3 Å². The summed E-state index contributed by atoms with van der Waals surface area (Å²) in [6.45, 7) is 5.17. The zero-order valence-corrected chi connectivity index (χ0v) is 23.6. The Morgan fingerprint density at radius 1 is 0.977 bits per heavy atom. The number of benzene rings is 2. The molecule has 0 saturated carbocycles. The number of aromatic nitrogens is 2. The van der Waals surface area contributed by atoms with E-state index in [0.717, 1.165) is 54.1 Å². The fourth-order valence-electron chi connectivity index (χ4n) is 6.49. The largest absolute Gasteiger partial charge is 0.458 e. The van der Waals surface area contributed by atoms with Crippen LogP contribution in [0.3, 0.4) is 0 Å². The van der Waals surface area contributed by atoms with Gasteiger partial charge in [0.2, 0.25) is 6.79 Å². The van der Waals surface area contributed by atoms with Crippen molar-refractivity contribution >= 4 is 34.7 Å². The van der Waals surface area contributed by atoms with Gasteiger partial charge in [0.1, 0.15) is 6.61 Å². The van der Waals surface area contributed by atoms with Crippen LogP contribution in [0.2, 0.25) is 0 Å². The summed E-state index contributed by atoms with van der Waals surface area (Å²) in [5.41, 5.74) is 4.27. The normalized spacial score (nSPS) is 20.3. The zero-order valence-electron chi connectivity index (χ0n) is 23.6. The number of nitrogens with zero attached hydrogens (tertiary/aromatic N) is 3. The smallest absolute Gasteiger partial charge is 0.343 e. The summed E-state index contributed by atoms with van der Waals surface area (Å²) in [4.78, 5) is 33.7. The third-order valence-corrected chi connectivity index (χ3v) is 8.94.